The van der Waals surface area contributed by atoms with Crippen LogP contribution in [-0.4, -0.2) is 44.5 Å². The molecule has 0 amide bonds. The topological polar surface area (TPSA) is 38.8 Å². The summed E-state index contributed by atoms with van der Waals surface area (Å²) in [7, 11) is 3.07. The molecule has 5 heteroatoms. The van der Waals surface area contributed by atoms with Gasteiger partial charge in [0.25, 0.3) is 0 Å². The van der Waals surface area contributed by atoms with Gasteiger partial charge in [-0.25, -0.2) is 4.39 Å². The normalized spacial score (nSPS) is 17.6. The van der Waals surface area contributed by atoms with Crippen molar-refractivity contribution in [1.82, 2.24) is 4.90 Å². The molecule has 0 aromatic heterocycles. The highest BCUT2D eigenvalue weighted by molar-refractivity contribution is 5.98. The van der Waals surface area contributed by atoms with Crippen LogP contribution >= 0.6 is 0 Å². The van der Waals surface area contributed by atoms with Crippen LogP contribution in [0.3, 0.4) is 0 Å². The SMILES string of the molecule is COc1ccc(/C=C/CN2CCC[C@@H](C(=O)c3ccc(OC)c(F)c3)C2)cc1. The third-order valence-corrected chi connectivity index (χ3v) is 5.10. The Balaban J connectivity index is 1.57. The molecule has 0 unspecified atom stereocenters. The second-order valence-electron chi connectivity index (χ2n) is 6.99. The molecule has 0 saturated carbocycles. The molecule has 1 aliphatic rings. The smallest absolute Gasteiger partial charge is 0.167 e. The molecular formula is C23H26FNO3. The van der Waals surface area contributed by atoms with Gasteiger partial charge in [0, 0.05) is 24.6 Å². The fraction of sp³-hybridized carbons (Fsp3) is 0.348. The summed E-state index contributed by atoms with van der Waals surface area (Å²) in [6.07, 6.45) is 5.99. The fourth-order valence-corrected chi connectivity index (χ4v) is 3.54. The lowest BCUT2D eigenvalue weighted by atomic mass is 9.90. The van der Waals surface area contributed by atoms with Gasteiger partial charge in [0.15, 0.2) is 17.3 Å². The van der Waals surface area contributed by atoms with E-state index >= 15 is 0 Å². The summed E-state index contributed by atoms with van der Waals surface area (Å²) < 4.78 is 24.0. The van der Waals surface area contributed by atoms with Crippen LogP contribution in [0.1, 0.15) is 28.8 Å². The van der Waals surface area contributed by atoms with Crippen LogP contribution < -0.4 is 9.47 Å². The minimum Gasteiger partial charge on any atom is -0.497 e. The van der Waals surface area contributed by atoms with Gasteiger partial charge in [-0.3, -0.25) is 9.69 Å². The average Bonchev–Trinajstić information content (AvgIpc) is 2.74. The predicted molar refractivity (Wildman–Crippen MR) is 108 cm³/mol. The zero-order valence-electron chi connectivity index (χ0n) is 16.4. The summed E-state index contributed by atoms with van der Waals surface area (Å²) in [6.45, 7) is 2.44. The number of ketones is 1. The molecule has 0 aliphatic carbocycles. The first-order valence-electron chi connectivity index (χ1n) is 9.51. The number of likely N-dealkylation sites (tertiary alicyclic amines) is 1. The maximum absolute atomic E-state index is 13.9. The van der Waals surface area contributed by atoms with E-state index in [1.165, 1.54) is 19.2 Å². The largest absolute Gasteiger partial charge is 0.497 e. The molecule has 1 aliphatic heterocycles. The Morgan fingerprint density at radius 2 is 1.96 bits per heavy atom. The molecule has 4 nitrogen and oxygen atoms in total. The Kier molecular flexibility index (Phi) is 6.82. The number of carbonyl (C=O) groups excluding carboxylic acids is 1. The van der Waals surface area contributed by atoms with Crippen LogP contribution in [0.15, 0.2) is 48.5 Å². The molecule has 1 saturated heterocycles. The summed E-state index contributed by atoms with van der Waals surface area (Å²) in [4.78, 5) is 15.1. The van der Waals surface area contributed by atoms with Gasteiger partial charge in [-0.15, -0.1) is 0 Å². The molecule has 2 aromatic carbocycles. The van der Waals surface area contributed by atoms with Gasteiger partial charge in [0.1, 0.15) is 5.75 Å². The minimum atomic E-state index is -0.497. The highest BCUT2D eigenvalue weighted by Crippen LogP contribution is 2.24. The highest BCUT2D eigenvalue weighted by Gasteiger charge is 2.26. The van der Waals surface area contributed by atoms with Crippen molar-refractivity contribution in [3.63, 3.8) is 0 Å². The Labute approximate surface area is 165 Å². The van der Waals surface area contributed by atoms with E-state index in [2.05, 4.69) is 17.1 Å². The number of carbonyl (C=O) groups is 1. The summed E-state index contributed by atoms with van der Waals surface area (Å²) in [5.74, 6) is 0.403. The van der Waals surface area contributed by atoms with Crippen LogP contribution in [0.2, 0.25) is 0 Å². The summed E-state index contributed by atoms with van der Waals surface area (Å²) in [6, 6.07) is 12.3. The van der Waals surface area contributed by atoms with Crippen molar-refractivity contribution >= 4 is 11.9 Å². The molecule has 1 fully saturated rings. The van der Waals surface area contributed by atoms with Crippen molar-refractivity contribution < 1.29 is 18.7 Å². The molecule has 3 rings (SSSR count). The van der Waals surface area contributed by atoms with Crippen molar-refractivity contribution in [2.45, 2.75) is 12.8 Å². The number of Topliss-reactive ketones (excluding diaryl/α,β-unsaturated/α-hetero) is 1. The Bertz CT molecular complexity index is 832. The molecule has 1 heterocycles. The third-order valence-electron chi connectivity index (χ3n) is 5.10. The van der Waals surface area contributed by atoms with E-state index in [0.29, 0.717) is 12.1 Å². The van der Waals surface area contributed by atoms with Crippen LogP contribution in [0.4, 0.5) is 4.39 Å². The summed E-state index contributed by atoms with van der Waals surface area (Å²) in [5, 5.41) is 0. The molecular weight excluding hydrogens is 357 g/mol. The van der Waals surface area contributed by atoms with Crippen LogP contribution in [0.5, 0.6) is 11.5 Å². The van der Waals surface area contributed by atoms with Gasteiger partial charge in [0.2, 0.25) is 0 Å². The van der Waals surface area contributed by atoms with E-state index < -0.39 is 5.82 Å². The molecule has 0 radical (unpaired) electrons. The number of nitrogens with zero attached hydrogens (tertiary/aromatic N) is 1. The van der Waals surface area contributed by atoms with E-state index in [0.717, 1.165) is 37.2 Å². The lowest BCUT2D eigenvalue weighted by molar-refractivity contribution is 0.0831. The molecule has 2 aromatic rings. The first kappa shape index (κ1) is 20.1. The first-order chi connectivity index (χ1) is 13.6. The van der Waals surface area contributed by atoms with Crippen LogP contribution in [0.25, 0.3) is 6.08 Å². The maximum atomic E-state index is 13.9. The second kappa shape index (κ2) is 9.51. The minimum absolute atomic E-state index is 0.00499. The third kappa shape index (κ3) is 4.98. The molecule has 0 N–H and O–H groups in total. The number of ether oxygens (including phenoxy) is 2. The maximum Gasteiger partial charge on any atom is 0.167 e. The summed E-state index contributed by atoms with van der Waals surface area (Å²) in [5.41, 5.74) is 1.53. The van der Waals surface area contributed by atoms with Crippen molar-refractivity contribution in [2.24, 2.45) is 5.92 Å². The predicted octanol–water partition coefficient (Wildman–Crippen LogP) is 4.45. The van der Waals surface area contributed by atoms with Crippen molar-refractivity contribution in [3.8, 4) is 11.5 Å². The standard InChI is InChI=1S/C23H26FNO3/c1-27-20-10-7-17(8-11-20)5-3-13-25-14-4-6-19(16-25)23(26)18-9-12-22(28-2)21(24)15-18/h3,5,7-12,15,19H,4,6,13-14,16H2,1-2H3/b5-3+/t19-/m1/s1. The number of benzene rings is 2. The number of hydrogen-bond donors (Lipinski definition) is 0. The molecule has 1 atom stereocenters. The number of rotatable bonds is 7. The molecule has 28 heavy (non-hydrogen) atoms. The zero-order chi connectivity index (χ0) is 19.9. The van der Waals surface area contributed by atoms with Gasteiger partial charge in [0.05, 0.1) is 14.2 Å². The van der Waals surface area contributed by atoms with Gasteiger partial charge in [-0.05, 0) is 55.3 Å². The van der Waals surface area contributed by atoms with Crippen molar-refractivity contribution in [1.29, 1.82) is 0 Å². The molecule has 0 bridgehead atoms. The van der Waals surface area contributed by atoms with Crippen molar-refractivity contribution in [3.05, 3.63) is 65.5 Å². The monoisotopic (exact) mass is 383 g/mol. The Morgan fingerprint density at radius 1 is 1.18 bits per heavy atom. The van der Waals surface area contributed by atoms with E-state index in [1.807, 2.05) is 24.3 Å². The van der Waals surface area contributed by atoms with E-state index in [4.69, 9.17) is 9.47 Å². The van der Waals surface area contributed by atoms with Gasteiger partial charge < -0.3 is 9.47 Å². The lowest BCUT2D eigenvalue weighted by Crippen LogP contribution is -2.38. The highest BCUT2D eigenvalue weighted by atomic mass is 19.1. The van der Waals surface area contributed by atoms with Gasteiger partial charge >= 0.3 is 0 Å². The van der Waals surface area contributed by atoms with E-state index in [-0.39, 0.29) is 17.5 Å². The Hall–Kier alpha value is -2.66. The fourth-order valence-electron chi connectivity index (χ4n) is 3.54. The average molecular weight is 383 g/mol. The van der Waals surface area contributed by atoms with Gasteiger partial charge in [-0.2, -0.15) is 0 Å². The number of halogens is 1. The quantitative estimate of drug-likeness (QED) is 0.662. The zero-order valence-corrected chi connectivity index (χ0v) is 16.4. The van der Waals surface area contributed by atoms with Crippen molar-refractivity contribution in [2.75, 3.05) is 33.9 Å². The summed E-state index contributed by atoms with van der Waals surface area (Å²) >= 11 is 0. The first-order valence-corrected chi connectivity index (χ1v) is 9.51. The Morgan fingerprint density at radius 3 is 2.64 bits per heavy atom. The van der Waals surface area contributed by atoms with Gasteiger partial charge in [-0.1, -0.05) is 24.3 Å². The van der Waals surface area contributed by atoms with Crippen LogP contribution in [-0.2, 0) is 0 Å². The number of piperidine rings is 1. The van der Waals surface area contributed by atoms with E-state index in [9.17, 15) is 9.18 Å². The molecule has 148 valence electrons. The number of hydrogen-bond acceptors (Lipinski definition) is 4. The second-order valence-corrected chi connectivity index (χ2v) is 6.99. The lowest BCUT2D eigenvalue weighted by Gasteiger charge is -2.31. The number of methoxy groups -OCH3 is 2. The molecule has 0 spiro atoms. The van der Waals surface area contributed by atoms with Crippen LogP contribution in [0, 0.1) is 11.7 Å². The van der Waals surface area contributed by atoms with E-state index in [1.54, 1.807) is 13.2 Å².